The van der Waals surface area contributed by atoms with Gasteiger partial charge in [-0.2, -0.15) is 0 Å². The molecule has 0 bridgehead atoms. The highest BCUT2D eigenvalue weighted by atomic mass is 16.1. The molecule has 0 atom stereocenters. The molecule has 0 unspecified atom stereocenters. The predicted octanol–water partition coefficient (Wildman–Crippen LogP) is 1.19. The lowest BCUT2D eigenvalue weighted by atomic mass is 10.2. The topological polar surface area (TPSA) is 78.9 Å². The summed E-state index contributed by atoms with van der Waals surface area (Å²) in [5.74, 6) is 2.35. The first kappa shape index (κ1) is 14.2. The largest absolute Gasteiger partial charge is 0.370 e. The van der Waals surface area contributed by atoms with Gasteiger partial charge in [0.2, 0.25) is 5.91 Å². The molecule has 0 saturated carbocycles. The summed E-state index contributed by atoms with van der Waals surface area (Å²) in [6.45, 7) is 7.08. The Balaban J connectivity index is 2.85. The summed E-state index contributed by atoms with van der Waals surface area (Å²) in [5.41, 5.74) is 0. The number of hydrogen-bond acceptors (Lipinski definition) is 5. The number of hydrogen-bond donors (Lipinski definition) is 3. The number of carbonyl (C=O) groups excluding carboxylic acids is 1. The van der Waals surface area contributed by atoms with Crippen LogP contribution in [0.15, 0.2) is 6.07 Å². The van der Waals surface area contributed by atoms with Gasteiger partial charge in [-0.05, 0) is 6.92 Å². The molecule has 0 saturated heterocycles. The van der Waals surface area contributed by atoms with Crippen LogP contribution in [0.2, 0.25) is 0 Å². The van der Waals surface area contributed by atoms with Crippen LogP contribution in [-0.4, -0.2) is 36.0 Å². The number of amides is 1. The average Bonchev–Trinajstić information content (AvgIpc) is 2.36. The zero-order valence-electron chi connectivity index (χ0n) is 11.4. The molecule has 100 valence electrons. The lowest BCUT2D eigenvalue weighted by Crippen LogP contribution is -2.26. The van der Waals surface area contributed by atoms with Gasteiger partial charge in [0.15, 0.2) is 0 Å². The summed E-state index contributed by atoms with van der Waals surface area (Å²) in [5, 5.41) is 8.69. The molecular weight excluding hydrogens is 230 g/mol. The Morgan fingerprint density at radius 3 is 2.39 bits per heavy atom. The molecule has 0 radical (unpaired) electrons. The average molecular weight is 251 g/mol. The Bertz CT molecular complexity index is 405. The molecule has 6 nitrogen and oxygen atoms in total. The van der Waals surface area contributed by atoms with E-state index in [0.717, 1.165) is 18.2 Å². The standard InChI is InChI=1S/C12H21N5O/c1-5-14-9-6-10(15-7-11(18)13-4)17-12(16-9)8(2)3/h6,8H,5,7H2,1-4H3,(H,13,18)(H2,14,15,16,17). The third-order valence-electron chi connectivity index (χ3n) is 2.33. The highest BCUT2D eigenvalue weighted by Gasteiger charge is 2.08. The Morgan fingerprint density at radius 2 is 1.89 bits per heavy atom. The maximum absolute atomic E-state index is 11.2. The van der Waals surface area contributed by atoms with Gasteiger partial charge < -0.3 is 16.0 Å². The number of nitrogens with zero attached hydrogens (tertiary/aromatic N) is 2. The van der Waals surface area contributed by atoms with E-state index in [4.69, 9.17) is 0 Å². The van der Waals surface area contributed by atoms with E-state index in [1.807, 2.05) is 20.8 Å². The SMILES string of the molecule is CCNc1cc(NCC(=O)NC)nc(C(C)C)n1. The van der Waals surface area contributed by atoms with E-state index in [0.29, 0.717) is 5.82 Å². The van der Waals surface area contributed by atoms with Crippen molar-refractivity contribution >= 4 is 17.5 Å². The summed E-state index contributed by atoms with van der Waals surface area (Å²) in [6, 6.07) is 1.80. The molecule has 0 aliphatic rings. The van der Waals surface area contributed by atoms with Crippen LogP contribution in [-0.2, 0) is 4.79 Å². The fourth-order valence-corrected chi connectivity index (χ4v) is 1.35. The van der Waals surface area contributed by atoms with E-state index in [1.54, 1.807) is 13.1 Å². The normalized spacial score (nSPS) is 10.3. The van der Waals surface area contributed by atoms with Gasteiger partial charge in [0.05, 0.1) is 6.54 Å². The van der Waals surface area contributed by atoms with Gasteiger partial charge in [0.25, 0.3) is 0 Å². The molecule has 6 heteroatoms. The molecular formula is C12H21N5O. The lowest BCUT2D eigenvalue weighted by Gasteiger charge is -2.11. The minimum Gasteiger partial charge on any atom is -0.370 e. The molecule has 1 amide bonds. The van der Waals surface area contributed by atoms with E-state index < -0.39 is 0 Å². The number of nitrogens with one attached hydrogen (secondary N) is 3. The molecule has 18 heavy (non-hydrogen) atoms. The van der Waals surface area contributed by atoms with Gasteiger partial charge in [-0.3, -0.25) is 4.79 Å². The Morgan fingerprint density at radius 1 is 1.28 bits per heavy atom. The van der Waals surface area contributed by atoms with Crippen molar-refractivity contribution in [2.24, 2.45) is 0 Å². The van der Waals surface area contributed by atoms with Crippen molar-refractivity contribution in [3.05, 3.63) is 11.9 Å². The summed E-state index contributed by atoms with van der Waals surface area (Å²) in [6.07, 6.45) is 0. The zero-order valence-corrected chi connectivity index (χ0v) is 11.4. The fraction of sp³-hybridized carbons (Fsp3) is 0.583. The van der Waals surface area contributed by atoms with Crippen LogP contribution in [0.3, 0.4) is 0 Å². The molecule has 0 aliphatic heterocycles. The van der Waals surface area contributed by atoms with Crippen LogP contribution in [0.1, 0.15) is 32.5 Å². The van der Waals surface area contributed by atoms with E-state index in [-0.39, 0.29) is 18.4 Å². The zero-order chi connectivity index (χ0) is 13.5. The summed E-state index contributed by atoms with van der Waals surface area (Å²) < 4.78 is 0. The summed E-state index contributed by atoms with van der Waals surface area (Å²) in [4.78, 5) is 20.0. The first-order valence-corrected chi connectivity index (χ1v) is 6.14. The van der Waals surface area contributed by atoms with Crippen LogP contribution in [0, 0.1) is 0 Å². The number of anilines is 2. The van der Waals surface area contributed by atoms with Gasteiger partial charge in [-0.15, -0.1) is 0 Å². The second kappa shape index (κ2) is 6.78. The van der Waals surface area contributed by atoms with Crippen molar-refractivity contribution < 1.29 is 4.79 Å². The van der Waals surface area contributed by atoms with Crippen molar-refractivity contribution in [3.8, 4) is 0 Å². The van der Waals surface area contributed by atoms with Crippen LogP contribution in [0.25, 0.3) is 0 Å². The van der Waals surface area contributed by atoms with Crippen LogP contribution in [0.4, 0.5) is 11.6 Å². The molecule has 0 fully saturated rings. The monoisotopic (exact) mass is 251 g/mol. The summed E-state index contributed by atoms with van der Waals surface area (Å²) >= 11 is 0. The molecule has 0 spiro atoms. The first-order valence-electron chi connectivity index (χ1n) is 6.14. The highest BCUT2D eigenvalue weighted by Crippen LogP contribution is 2.16. The molecule has 0 aromatic carbocycles. The van der Waals surface area contributed by atoms with Crippen molar-refractivity contribution in [2.45, 2.75) is 26.7 Å². The maximum Gasteiger partial charge on any atom is 0.239 e. The minimum absolute atomic E-state index is 0.0790. The fourth-order valence-electron chi connectivity index (χ4n) is 1.35. The van der Waals surface area contributed by atoms with E-state index >= 15 is 0 Å². The quantitative estimate of drug-likeness (QED) is 0.708. The highest BCUT2D eigenvalue weighted by molar-refractivity contribution is 5.80. The van der Waals surface area contributed by atoms with Crippen molar-refractivity contribution in [1.29, 1.82) is 0 Å². The van der Waals surface area contributed by atoms with Gasteiger partial charge in [0.1, 0.15) is 17.5 Å². The second-order valence-electron chi connectivity index (χ2n) is 4.21. The minimum atomic E-state index is -0.0790. The van der Waals surface area contributed by atoms with Gasteiger partial charge >= 0.3 is 0 Å². The van der Waals surface area contributed by atoms with Gasteiger partial charge in [-0.1, -0.05) is 13.8 Å². The van der Waals surface area contributed by atoms with Crippen molar-refractivity contribution in [2.75, 3.05) is 30.8 Å². The molecule has 1 heterocycles. The smallest absolute Gasteiger partial charge is 0.239 e. The number of aromatic nitrogens is 2. The van der Waals surface area contributed by atoms with E-state index in [1.165, 1.54) is 0 Å². The first-order chi connectivity index (χ1) is 8.56. The van der Waals surface area contributed by atoms with Crippen molar-refractivity contribution in [1.82, 2.24) is 15.3 Å². The molecule has 0 aliphatic carbocycles. The summed E-state index contributed by atoms with van der Waals surface area (Å²) in [7, 11) is 1.60. The third kappa shape index (κ3) is 4.20. The molecule has 1 rings (SSSR count). The Labute approximate surface area is 108 Å². The van der Waals surface area contributed by atoms with E-state index in [2.05, 4.69) is 25.9 Å². The molecule has 1 aromatic rings. The van der Waals surface area contributed by atoms with E-state index in [9.17, 15) is 4.79 Å². The van der Waals surface area contributed by atoms with Crippen LogP contribution >= 0.6 is 0 Å². The second-order valence-corrected chi connectivity index (χ2v) is 4.21. The van der Waals surface area contributed by atoms with Crippen molar-refractivity contribution in [3.63, 3.8) is 0 Å². The Kier molecular flexibility index (Phi) is 5.35. The number of likely N-dealkylation sites (N-methyl/N-ethyl adjacent to an activating group) is 1. The Hall–Kier alpha value is -1.85. The lowest BCUT2D eigenvalue weighted by molar-refractivity contribution is -0.118. The van der Waals surface area contributed by atoms with Crippen LogP contribution < -0.4 is 16.0 Å². The number of carbonyl (C=O) groups is 1. The third-order valence-corrected chi connectivity index (χ3v) is 2.33. The molecule has 3 N–H and O–H groups in total. The maximum atomic E-state index is 11.2. The van der Waals surface area contributed by atoms with Gasteiger partial charge in [-0.25, -0.2) is 9.97 Å². The van der Waals surface area contributed by atoms with Crippen LogP contribution in [0.5, 0.6) is 0 Å². The predicted molar refractivity (Wildman–Crippen MR) is 72.8 cm³/mol. The number of rotatable bonds is 6. The molecule has 1 aromatic heterocycles. The van der Waals surface area contributed by atoms with Gasteiger partial charge in [0, 0.05) is 25.6 Å².